The molecule has 0 unspecified atom stereocenters. The minimum absolute atomic E-state index is 0.0285. The maximum absolute atomic E-state index is 12.8. The third-order valence-corrected chi connectivity index (χ3v) is 6.89. The first-order valence-corrected chi connectivity index (χ1v) is 11.0. The second-order valence-corrected chi connectivity index (χ2v) is 9.08. The number of nitrogens with one attached hydrogen (secondary N) is 2. The zero-order valence-electron chi connectivity index (χ0n) is 15.6. The topological polar surface area (TPSA) is 118 Å². The van der Waals surface area contributed by atoms with Crippen molar-refractivity contribution in [1.29, 1.82) is 0 Å². The summed E-state index contributed by atoms with van der Waals surface area (Å²) < 4.78 is 32.6. The summed E-state index contributed by atoms with van der Waals surface area (Å²) in [5, 5.41) is 7.74. The SMILES string of the molecule is CC(=O)c1cccc(C)c1NC(=O)c1sccc1S(=O)(=O)Nc1onc(C)c1Cl. The number of hydrogen-bond donors (Lipinski definition) is 2. The molecular formula is C18H16ClN3O5S2. The summed E-state index contributed by atoms with van der Waals surface area (Å²) in [7, 11) is -4.17. The molecule has 0 aliphatic rings. The third-order valence-electron chi connectivity index (χ3n) is 4.03. The van der Waals surface area contributed by atoms with Crippen LogP contribution in [-0.2, 0) is 10.0 Å². The number of nitrogens with zero attached hydrogens (tertiary/aromatic N) is 1. The molecule has 29 heavy (non-hydrogen) atoms. The number of halogens is 1. The Kier molecular flexibility index (Phi) is 5.78. The van der Waals surface area contributed by atoms with Crippen LogP contribution in [0.25, 0.3) is 0 Å². The number of aromatic nitrogens is 1. The number of ketones is 1. The standard InChI is InChI=1S/C18H16ClN3O5S2/c1-9-5-4-6-12(11(3)23)15(9)20-17(24)16-13(7-8-28-16)29(25,26)22-18-14(19)10(2)21-27-18/h4-8,22H,1-3H3,(H,20,24). The second kappa shape index (κ2) is 7.97. The number of hydrogen-bond acceptors (Lipinski definition) is 7. The van der Waals surface area contributed by atoms with Crippen molar-refractivity contribution >= 4 is 56.2 Å². The highest BCUT2D eigenvalue weighted by atomic mass is 35.5. The Bertz CT molecular complexity index is 1210. The summed E-state index contributed by atoms with van der Waals surface area (Å²) in [5.41, 5.74) is 1.67. The van der Waals surface area contributed by atoms with Gasteiger partial charge in [-0.3, -0.25) is 9.59 Å². The largest absolute Gasteiger partial charge is 0.336 e. The minimum Gasteiger partial charge on any atom is -0.336 e. The van der Waals surface area contributed by atoms with E-state index in [-0.39, 0.29) is 26.5 Å². The van der Waals surface area contributed by atoms with Gasteiger partial charge in [0.15, 0.2) is 5.78 Å². The van der Waals surface area contributed by atoms with Crippen LogP contribution in [-0.4, -0.2) is 25.3 Å². The van der Waals surface area contributed by atoms with Gasteiger partial charge in [0.25, 0.3) is 21.8 Å². The molecule has 152 valence electrons. The highest BCUT2D eigenvalue weighted by Crippen LogP contribution is 2.30. The quantitative estimate of drug-likeness (QED) is 0.538. The number of carbonyl (C=O) groups is 2. The maximum Gasteiger partial charge on any atom is 0.267 e. The zero-order chi connectivity index (χ0) is 21.3. The average Bonchev–Trinajstić information content (AvgIpc) is 3.26. The van der Waals surface area contributed by atoms with Crippen molar-refractivity contribution in [2.45, 2.75) is 25.7 Å². The molecule has 11 heteroatoms. The zero-order valence-corrected chi connectivity index (χ0v) is 18.0. The number of Topliss-reactive ketones (excluding diaryl/α,β-unsaturated/α-hetero) is 1. The summed E-state index contributed by atoms with van der Waals surface area (Å²) in [5.74, 6) is -1.11. The molecule has 1 amide bonds. The van der Waals surface area contributed by atoms with Gasteiger partial charge < -0.3 is 9.84 Å². The van der Waals surface area contributed by atoms with E-state index in [0.29, 0.717) is 22.5 Å². The van der Waals surface area contributed by atoms with Crippen LogP contribution in [0.4, 0.5) is 11.6 Å². The number of carbonyl (C=O) groups excluding carboxylic acids is 2. The van der Waals surface area contributed by atoms with Crippen LogP contribution in [0.5, 0.6) is 0 Å². The second-order valence-electron chi connectivity index (χ2n) is 6.14. The minimum atomic E-state index is -4.17. The summed E-state index contributed by atoms with van der Waals surface area (Å²) in [6.45, 7) is 4.68. The van der Waals surface area contributed by atoms with Gasteiger partial charge in [-0.05, 0) is 43.8 Å². The molecule has 0 radical (unpaired) electrons. The van der Waals surface area contributed by atoms with Crippen LogP contribution in [0.1, 0.15) is 38.2 Å². The molecule has 0 spiro atoms. The Morgan fingerprint density at radius 2 is 1.93 bits per heavy atom. The van der Waals surface area contributed by atoms with Gasteiger partial charge in [-0.1, -0.05) is 28.9 Å². The van der Waals surface area contributed by atoms with Crippen molar-refractivity contribution in [3.8, 4) is 0 Å². The Morgan fingerprint density at radius 1 is 1.21 bits per heavy atom. The highest BCUT2D eigenvalue weighted by molar-refractivity contribution is 7.93. The van der Waals surface area contributed by atoms with Crippen molar-refractivity contribution in [3.63, 3.8) is 0 Å². The van der Waals surface area contributed by atoms with Gasteiger partial charge in [0.1, 0.15) is 20.5 Å². The Balaban J connectivity index is 1.93. The monoisotopic (exact) mass is 453 g/mol. The van der Waals surface area contributed by atoms with E-state index in [9.17, 15) is 18.0 Å². The molecule has 0 atom stereocenters. The van der Waals surface area contributed by atoms with Gasteiger partial charge in [0.05, 0.1) is 5.69 Å². The summed E-state index contributed by atoms with van der Waals surface area (Å²) in [6.07, 6.45) is 0. The first-order valence-electron chi connectivity index (χ1n) is 8.25. The van der Waals surface area contributed by atoms with Gasteiger partial charge in [0.2, 0.25) is 0 Å². The molecule has 0 aliphatic heterocycles. The molecule has 0 saturated carbocycles. The maximum atomic E-state index is 12.8. The fraction of sp³-hybridized carbons (Fsp3) is 0.167. The van der Waals surface area contributed by atoms with Gasteiger partial charge in [-0.15, -0.1) is 11.3 Å². The van der Waals surface area contributed by atoms with Crippen molar-refractivity contribution < 1.29 is 22.5 Å². The van der Waals surface area contributed by atoms with E-state index in [1.165, 1.54) is 18.4 Å². The van der Waals surface area contributed by atoms with Gasteiger partial charge in [-0.2, -0.15) is 0 Å². The number of anilines is 2. The molecule has 3 aromatic rings. The van der Waals surface area contributed by atoms with Crippen molar-refractivity contribution in [3.05, 3.63) is 56.4 Å². The van der Waals surface area contributed by atoms with E-state index in [1.807, 2.05) is 0 Å². The number of aryl methyl sites for hydroxylation is 2. The predicted octanol–water partition coefficient (Wildman–Crippen LogP) is 4.26. The van der Waals surface area contributed by atoms with Crippen LogP contribution in [0, 0.1) is 13.8 Å². The lowest BCUT2D eigenvalue weighted by Crippen LogP contribution is -2.19. The van der Waals surface area contributed by atoms with E-state index in [4.69, 9.17) is 16.1 Å². The van der Waals surface area contributed by atoms with Crippen LogP contribution in [0.2, 0.25) is 5.02 Å². The molecule has 2 N–H and O–H groups in total. The summed E-state index contributed by atoms with van der Waals surface area (Å²) in [4.78, 5) is 24.4. The van der Waals surface area contributed by atoms with Crippen LogP contribution in [0.3, 0.4) is 0 Å². The number of para-hydroxylation sites is 1. The number of benzene rings is 1. The summed E-state index contributed by atoms with van der Waals surface area (Å²) >= 11 is 6.91. The average molecular weight is 454 g/mol. The molecule has 0 saturated heterocycles. The van der Waals surface area contributed by atoms with Crippen molar-refractivity contribution in [1.82, 2.24) is 5.16 Å². The van der Waals surface area contributed by atoms with E-state index >= 15 is 0 Å². The Labute approximate surface area is 175 Å². The third kappa shape index (κ3) is 4.19. The lowest BCUT2D eigenvalue weighted by atomic mass is 10.0. The molecule has 2 aromatic heterocycles. The molecule has 2 heterocycles. The van der Waals surface area contributed by atoms with Crippen molar-refractivity contribution in [2.75, 3.05) is 10.0 Å². The molecular weight excluding hydrogens is 438 g/mol. The number of rotatable bonds is 6. The molecule has 3 rings (SSSR count). The molecule has 0 bridgehead atoms. The first-order chi connectivity index (χ1) is 13.6. The molecule has 0 aliphatic carbocycles. The van der Waals surface area contributed by atoms with Crippen LogP contribution in [0.15, 0.2) is 39.1 Å². The highest BCUT2D eigenvalue weighted by Gasteiger charge is 2.27. The van der Waals surface area contributed by atoms with Crippen molar-refractivity contribution in [2.24, 2.45) is 0 Å². The lowest BCUT2D eigenvalue weighted by molar-refractivity contribution is 0.101. The fourth-order valence-corrected chi connectivity index (χ4v) is 5.06. The molecule has 8 nitrogen and oxygen atoms in total. The summed E-state index contributed by atoms with van der Waals surface area (Å²) in [6, 6.07) is 6.33. The normalized spacial score (nSPS) is 11.3. The van der Waals surface area contributed by atoms with Gasteiger partial charge >= 0.3 is 0 Å². The molecule has 1 aromatic carbocycles. The van der Waals surface area contributed by atoms with Gasteiger partial charge in [0, 0.05) is 5.56 Å². The van der Waals surface area contributed by atoms with E-state index < -0.39 is 15.9 Å². The number of amides is 1. The number of thiophene rings is 1. The molecule has 0 fully saturated rings. The van der Waals surface area contributed by atoms with Crippen LogP contribution < -0.4 is 10.0 Å². The van der Waals surface area contributed by atoms with Crippen LogP contribution >= 0.6 is 22.9 Å². The Morgan fingerprint density at radius 3 is 2.55 bits per heavy atom. The van der Waals surface area contributed by atoms with E-state index in [2.05, 4.69) is 15.2 Å². The lowest BCUT2D eigenvalue weighted by Gasteiger charge is -2.12. The van der Waals surface area contributed by atoms with Gasteiger partial charge in [-0.25, -0.2) is 13.1 Å². The first kappa shape index (κ1) is 21.0. The smallest absolute Gasteiger partial charge is 0.267 e. The Hall–Kier alpha value is -2.69. The van der Waals surface area contributed by atoms with E-state index in [0.717, 1.165) is 11.3 Å². The fourth-order valence-electron chi connectivity index (χ4n) is 2.57. The number of sulfonamides is 1. The van der Waals surface area contributed by atoms with E-state index in [1.54, 1.807) is 32.0 Å². The predicted molar refractivity (Wildman–Crippen MR) is 111 cm³/mol.